The number of thioether (sulfide) groups is 1. The monoisotopic (exact) mass is 424 g/mol. The average Bonchev–Trinajstić information content (AvgIpc) is 3.08. The largest absolute Gasteiger partial charge is 0.302 e. The van der Waals surface area contributed by atoms with Crippen LogP contribution in [0.3, 0.4) is 0 Å². The molecule has 1 aromatic heterocycles. The predicted octanol–water partition coefficient (Wildman–Crippen LogP) is 6.25. The van der Waals surface area contributed by atoms with Crippen LogP contribution in [0, 0.1) is 11.6 Å². The fourth-order valence-electron chi connectivity index (χ4n) is 2.29. The highest BCUT2D eigenvalue weighted by atomic mass is 35.5. The van der Waals surface area contributed by atoms with Crippen LogP contribution < -0.4 is 5.32 Å². The van der Waals surface area contributed by atoms with Crippen molar-refractivity contribution in [3.8, 4) is 11.3 Å². The zero-order chi connectivity index (χ0) is 19.2. The molecule has 1 heterocycles. The lowest BCUT2D eigenvalue weighted by molar-refractivity contribution is -0.116. The van der Waals surface area contributed by atoms with Crippen molar-refractivity contribution in [2.45, 2.75) is 17.7 Å². The predicted molar refractivity (Wildman–Crippen MR) is 108 cm³/mol. The number of anilines is 1. The van der Waals surface area contributed by atoms with Gasteiger partial charge in [0.25, 0.3) is 0 Å². The SMILES string of the molecule is O=C(CCCSc1ccc(Cl)cc1)Nc1nc(-c2ccc(F)cc2F)cs1. The van der Waals surface area contributed by atoms with E-state index in [9.17, 15) is 13.6 Å². The lowest BCUT2D eigenvalue weighted by Gasteiger charge is -2.03. The van der Waals surface area contributed by atoms with Crippen LogP contribution in [0.15, 0.2) is 52.7 Å². The van der Waals surface area contributed by atoms with Gasteiger partial charge < -0.3 is 5.32 Å². The van der Waals surface area contributed by atoms with E-state index in [4.69, 9.17) is 11.6 Å². The van der Waals surface area contributed by atoms with Crippen molar-refractivity contribution in [2.24, 2.45) is 0 Å². The van der Waals surface area contributed by atoms with Gasteiger partial charge in [0.15, 0.2) is 5.13 Å². The Labute approximate surface area is 168 Å². The topological polar surface area (TPSA) is 42.0 Å². The number of nitrogens with zero attached hydrogens (tertiary/aromatic N) is 1. The lowest BCUT2D eigenvalue weighted by Crippen LogP contribution is -2.11. The van der Waals surface area contributed by atoms with Gasteiger partial charge in [0.2, 0.25) is 5.91 Å². The van der Waals surface area contributed by atoms with Crippen molar-refractivity contribution in [1.82, 2.24) is 4.98 Å². The molecule has 0 aliphatic carbocycles. The molecule has 0 bridgehead atoms. The van der Waals surface area contributed by atoms with Gasteiger partial charge in [0.1, 0.15) is 11.6 Å². The summed E-state index contributed by atoms with van der Waals surface area (Å²) in [5, 5.41) is 5.43. The summed E-state index contributed by atoms with van der Waals surface area (Å²) in [5.41, 5.74) is 0.568. The molecule has 3 rings (SSSR count). The maximum absolute atomic E-state index is 13.8. The number of amides is 1. The number of hydrogen-bond acceptors (Lipinski definition) is 4. The fourth-order valence-corrected chi connectivity index (χ4v) is 3.99. The van der Waals surface area contributed by atoms with E-state index in [0.717, 1.165) is 16.7 Å². The minimum absolute atomic E-state index is 0.146. The van der Waals surface area contributed by atoms with Crippen molar-refractivity contribution >= 4 is 45.7 Å². The quantitative estimate of drug-likeness (QED) is 0.360. The van der Waals surface area contributed by atoms with Crippen molar-refractivity contribution in [3.63, 3.8) is 0 Å². The molecule has 0 unspecified atom stereocenters. The summed E-state index contributed by atoms with van der Waals surface area (Å²) >= 11 is 8.70. The van der Waals surface area contributed by atoms with Crippen LogP contribution in [0.25, 0.3) is 11.3 Å². The van der Waals surface area contributed by atoms with E-state index in [0.29, 0.717) is 28.7 Å². The number of benzene rings is 2. The molecule has 1 N–H and O–H groups in total. The van der Waals surface area contributed by atoms with Gasteiger partial charge in [-0.2, -0.15) is 0 Å². The zero-order valence-electron chi connectivity index (χ0n) is 14.0. The molecule has 0 saturated heterocycles. The molecular weight excluding hydrogens is 410 g/mol. The molecule has 0 spiro atoms. The highest BCUT2D eigenvalue weighted by Crippen LogP contribution is 2.27. The van der Waals surface area contributed by atoms with Crippen molar-refractivity contribution in [3.05, 3.63) is 64.5 Å². The second-order valence-corrected chi connectivity index (χ2v) is 8.08. The minimum atomic E-state index is -0.683. The fraction of sp³-hybridized carbons (Fsp3) is 0.158. The van der Waals surface area contributed by atoms with Gasteiger partial charge in [-0.15, -0.1) is 23.1 Å². The average molecular weight is 425 g/mol. The molecule has 0 aliphatic rings. The summed E-state index contributed by atoms with van der Waals surface area (Å²) in [4.78, 5) is 17.3. The number of thiazole rings is 1. The third kappa shape index (κ3) is 5.76. The van der Waals surface area contributed by atoms with E-state index in [1.165, 1.54) is 23.5 Å². The van der Waals surface area contributed by atoms with Crippen LogP contribution in [-0.4, -0.2) is 16.6 Å². The Morgan fingerprint density at radius 1 is 1.19 bits per heavy atom. The molecule has 3 aromatic rings. The number of hydrogen-bond donors (Lipinski definition) is 1. The maximum atomic E-state index is 13.8. The number of nitrogens with one attached hydrogen (secondary N) is 1. The van der Waals surface area contributed by atoms with Crippen LogP contribution in [0.1, 0.15) is 12.8 Å². The molecule has 2 aromatic carbocycles. The van der Waals surface area contributed by atoms with Gasteiger partial charge in [-0.05, 0) is 48.6 Å². The Morgan fingerprint density at radius 3 is 2.70 bits per heavy atom. The number of rotatable bonds is 7. The first-order chi connectivity index (χ1) is 13.0. The van der Waals surface area contributed by atoms with Crippen molar-refractivity contribution < 1.29 is 13.6 Å². The van der Waals surface area contributed by atoms with Crippen LogP contribution >= 0.6 is 34.7 Å². The first-order valence-corrected chi connectivity index (χ1v) is 10.3. The first-order valence-electron chi connectivity index (χ1n) is 8.10. The standard InChI is InChI=1S/C19H15ClF2N2OS2/c20-12-3-6-14(7-4-12)26-9-1-2-18(25)24-19-23-17(11-27-19)15-8-5-13(21)10-16(15)22/h3-8,10-11H,1-2,9H2,(H,23,24,25). The number of aromatic nitrogens is 1. The van der Waals surface area contributed by atoms with Crippen molar-refractivity contribution in [1.29, 1.82) is 0 Å². The summed E-state index contributed by atoms with van der Waals surface area (Å²) in [7, 11) is 0. The lowest BCUT2D eigenvalue weighted by atomic mass is 10.1. The summed E-state index contributed by atoms with van der Waals surface area (Å²) in [6.07, 6.45) is 1.07. The third-order valence-electron chi connectivity index (χ3n) is 3.59. The molecule has 0 saturated carbocycles. The molecule has 0 fully saturated rings. The molecule has 140 valence electrons. The summed E-state index contributed by atoms with van der Waals surface area (Å²) in [5.74, 6) is -0.667. The van der Waals surface area contributed by atoms with E-state index in [1.54, 1.807) is 17.1 Å². The first kappa shape index (κ1) is 19.8. The van der Waals surface area contributed by atoms with Gasteiger partial charge >= 0.3 is 0 Å². The van der Waals surface area contributed by atoms with Gasteiger partial charge in [0, 0.05) is 33.3 Å². The highest BCUT2D eigenvalue weighted by molar-refractivity contribution is 7.99. The summed E-state index contributed by atoms with van der Waals surface area (Å²) in [6, 6.07) is 10.9. The van der Waals surface area contributed by atoms with Crippen LogP contribution in [0.5, 0.6) is 0 Å². The van der Waals surface area contributed by atoms with Crippen LogP contribution in [-0.2, 0) is 4.79 Å². The number of halogens is 3. The molecule has 0 aliphatic heterocycles. The van der Waals surface area contributed by atoms with E-state index in [1.807, 2.05) is 24.3 Å². The molecular formula is C19H15ClF2N2OS2. The summed E-state index contributed by atoms with van der Waals surface area (Å²) in [6.45, 7) is 0. The highest BCUT2D eigenvalue weighted by Gasteiger charge is 2.12. The van der Waals surface area contributed by atoms with Gasteiger partial charge in [0.05, 0.1) is 5.69 Å². The smallest absolute Gasteiger partial charge is 0.226 e. The Kier molecular flexibility index (Phi) is 6.82. The Hall–Kier alpha value is -1.96. The van der Waals surface area contributed by atoms with Crippen molar-refractivity contribution in [2.75, 3.05) is 11.1 Å². The second-order valence-electron chi connectivity index (χ2n) is 5.62. The minimum Gasteiger partial charge on any atom is -0.302 e. The summed E-state index contributed by atoms with van der Waals surface area (Å²) < 4.78 is 26.8. The normalized spacial score (nSPS) is 10.8. The molecule has 1 amide bonds. The third-order valence-corrected chi connectivity index (χ3v) is 5.70. The van der Waals surface area contributed by atoms with Gasteiger partial charge in [-0.25, -0.2) is 13.8 Å². The number of carbonyl (C=O) groups excluding carboxylic acids is 1. The van der Waals surface area contributed by atoms with E-state index in [2.05, 4.69) is 10.3 Å². The van der Waals surface area contributed by atoms with E-state index in [-0.39, 0.29) is 11.5 Å². The molecule has 8 heteroatoms. The molecule has 0 radical (unpaired) electrons. The van der Waals surface area contributed by atoms with Crippen LogP contribution in [0.4, 0.5) is 13.9 Å². The Balaban J connectivity index is 1.47. The molecule has 3 nitrogen and oxygen atoms in total. The van der Waals surface area contributed by atoms with Gasteiger partial charge in [-0.1, -0.05) is 11.6 Å². The van der Waals surface area contributed by atoms with E-state index >= 15 is 0 Å². The van der Waals surface area contributed by atoms with E-state index < -0.39 is 11.6 Å². The number of carbonyl (C=O) groups is 1. The Morgan fingerprint density at radius 2 is 1.96 bits per heavy atom. The Bertz CT molecular complexity index is 932. The van der Waals surface area contributed by atoms with Gasteiger partial charge in [-0.3, -0.25) is 4.79 Å². The molecule has 0 atom stereocenters. The van der Waals surface area contributed by atoms with Crippen LogP contribution in [0.2, 0.25) is 5.02 Å². The second kappa shape index (κ2) is 9.30. The maximum Gasteiger partial charge on any atom is 0.226 e. The zero-order valence-corrected chi connectivity index (χ0v) is 16.4. The molecule has 27 heavy (non-hydrogen) atoms.